The van der Waals surface area contributed by atoms with E-state index >= 15 is 0 Å². The van der Waals surface area contributed by atoms with Crippen molar-refractivity contribution in [2.75, 3.05) is 5.32 Å². The lowest BCUT2D eigenvalue weighted by Crippen LogP contribution is -2.24. The molecule has 0 saturated heterocycles. The molecule has 2 rings (SSSR count). The highest BCUT2D eigenvalue weighted by molar-refractivity contribution is 7.80. The van der Waals surface area contributed by atoms with Crippen LogP contribution in [0.15, 0.2) is 35.8 Å². The average Bonchev–Trinajstić information content (AvgIpc) is 2.86. The maximum Gasteiger partial charge on any atom is 0.191 e. The molecule has 5 nitrogen and oxygen atoms in total. The first-order chi connectivity index (χ1) is 9.15. The van der Waals surface area contributed by atoms with Crippen LogP contribution in [-0.4, -0.2) is 21.3 Å². The molecule has 0 saturated carbocycles. The summed E-state index contributed by atoms with van der Waals surface area (Å²) in [5.41, 5.74) is 6.82. The minimum atomic E-state index is 0.443. The first kappa shape index (κ1) is 13.2. The Morgan fingerprint density at radius 1 is 1.42 bits per heavy atom. The second-order valence-corrected chi connectivity index (χ2v) is 4.54. The number of aromatic amines is 1. The minimum absolute atomic E-state index is 0.443. The van der Waals surface area contributed by atoms with Gasteiger partial charge in [0.1, 0.15) is 5.69 Å². The van der Waals surface area contributed by atoms with E-state index in [2.05, 4.69) is 38.8 Å². The van der Waals surface area contributed by atoms with Crippen molar-refractivity contribution in [1.82, 2.24) is 15.4 Å². The Hall–Kier alpha value is -2.21. The van der Waals surface area contributed by atoms with Crippen LogP contribution >= 0.6 is 12.2 Å². The predicted molar refractivity (Wildman–Crippen MR) is 81.5 cm³/mol. The molecule has 2 aromatic rings. The Bertz CT molecular complexity index is 589. The molecule has 0 bridgehead atoms. The maximum absolute atomic E-state index is 5.16. The monoisotopic (exact) mass is 273 g/mol. The lowest BCUT2D eigenvalue weighted by Gasteiger charge is -2.10. The van der Waals surface area contributed by atoms with E-state index in [1.54, 1.807) is 18.7 Å². The summed E-state index contributed by atoms with van der Waals surface area (Å²) in [6, 6.07) is 6.12. The fraction of sp³-hybridized carbons (Fsp3) is 0.154. The fourth-order valence-electron chi connectivity index (χ4n) is 1.60. The first-order valence-corrected chi connectivity index (χ1v) is 6.22. The van der Waals surface area contributed by atoms with Crippen LogP contribution in [0.3, 0.4) is 0 Å². The second kappa shape index (κ2) is 6.10. The third-order valence-electron chi connectivity index (χ3n) is 2.51. The fourth-order valence-corrected chi connectivity index (χ4v) is 1.77. The molecule has 1 aromatic carbocycles. The number of rotatable bonds is 3. The van der Waals surface area contributed by atoms with Gasteiger partial charge in [-0.05, 0) is 37.7 Å². The van der Waals surface area contributed by atoms with Crippen molar-refractivity contribution < 1.29 is 0 Å². The molecule has 0 radical (unpaired) electrons. The number of imidazole rings is 1. The molecule has 0 spiro atoms. The number of aryl methyl sites for hydroxylation is 2. The summed E-state index contributed by atoms with van der Waals surface area (Å²) in [4.78, 5) is 6.85. The van der Waals surface area contributed by atoms with Crippen LogP contribution in [0, 0.1) is 13.8 Å². The van der Waals surface area contributed by atoms with Gasteiger partial charge in [-0.3, -0.25) is 5.43 Å². The Morgan fingerprint density at radius 3 is 2.95 bits per heavy atom. The third kappa shape index (κ3) is 3.89. The molecule has 0 aliphatic carbocycles. The first-order valence-electron chi connectivity index (χ1n) is 5.81. The van der Waals surface area contributed by atoms with Crippen molar-refractivity contribution in [2.24, 2.45) is 5.10 Å². The van der Waals surface area contributed by atoms with Crippen LogP contribution in [0.25, 0.3) is 0 Å². The number of hydrogen-bond donors (Lipinski definition) is 3. The van der Waals surface area contributed by atoms with E-state index in [1.807, 2.05) is 19.1 Å². The van der Waals surface area contributed by atoms with Crippen LogP contribution in [0.4, 0.5) is 5.69 Å². The number of anilines is 1. The average molecular weight is 273 g/mol. The molecule has 0 atom stereocenters. The highest BCUT2D eigenvalue weighted by atomic mass is 32.1. The summed E-state index contributed by atoms with van der Waals surface area (Å²) in [6.45, 7) is 4.09. The van der Waals surface area contributed by atoms with Gasteiger partial charge in [0.25, 0.3) is 0 Å². The van der Waals surface area contributed by atoms with E-state index in [0.29, 0.717) is 5.11 Å². The number of hydrazone groups is 1. The number of aromatic nitrogens is 2. The van der Waals surface area contributed by atoms with E-state index in [-0.39, 0.29) is 0 Å². The summed E-state index contributed by atoms with van der Waals surface area (Å²) in [5.74, 6) is 0. The van der Waals surface area contributed by atoms with Gasteiger partial charge in [0.15, 0.2) is 5.11 Å². The molecule has 3 N–H and O–H groups in total. The molecule has 0 amide bonds. The molecule has 19 heavy (non-hydrogen) atoms. The molecular weight excluding hydrogens is 258 g/mol. The Balaban J connectivity index is 1.91. The zero-order valence-electron chi connectivity index (χ0n) is 10.8. The van der Waals surface area contributed by atoms with Crippen molar-refractivity contribution in [3.05, 3.63) is 47.5 Å². The smallest absolute Gasteiger partial charge is 0.191 e. The molecule has 6 heteroatoms. The predicted octanol–water partition coefficient (Wildman–Crippen LogP) is 2.35. The van der Waals surface area contributed by atoms with Gasteiger partial charge in [-0.1, -0.05) is 17.7 Å². The van der Waals surface area contributed by atoms with Gasteiger partial charge in [0.05, 0.1) is 12.5 Å². The molecule has 0 unspecified atom stereocenters. The van der Waals surface area contributed by atoms with Crippen molar-refractivity contribution in [3.8, 4) is 0 Å². The third-order valence-corrected chi connectivity index (χ3v) is 2.71. The van der Waals surface area contributed by atoms with Crippen LogP contribution in [0.2, 0.25) is 0 Å². The van der Waals surface area contributed by atoms with Crippen molar-refractivity contribution >= 4 is 29.2 Å². The number of nitrogens with zero attached hydrogens (tertiary/aromatic N) is 2. The molecule has 1 aromatic heterocycles. The van der Waals surface area contributed by atoms with Crippen LogP contribution in [-0.2, 0) is 0 Å². The van der Waals surface area contributed by atoms with E-state index in [9.17, 15) is 0 Å². The highest BCUT2D eigenvalue weighted by Gasteiger charge is 2.00. The van der Waals surface area contributed by atoms with Crippen molar-refractivity contribution in [2.45, 2.75) is 13.8 Å². The summed E-state index contributed by atoms with van der Waals surface area (Å²) < 4.78 is 0. The lowest BCUT2D eigenvalue weighted by atomic mass is 10.1. The van der Waals surface area contributed by atoms with Crippen molar-refractivity contribution in [3.63, 3.8) is 0 Å². The molecule has 0 aliphatic heterocycles. The molecular formula is C13H15N5S. The van der Waals surface area contributed by atoms with Gasteiger partial charge >= 0.3 is 0 Å². The summed E-state index contributed by atoms with van der Waals surface area (Å²) >= 11 is 5.16. The van der Waals surface area contributed by atoms with Crippen LogP contribution < -0.4 is 10.7 Å². The lowest BCUT2D eigenvalue weighted by molar-refractivity contribution is 1.05. The van der Waals surface area contributed by atoms with Crippen LogP contribution in [0.1, 0.15) is 16.8 Å². The van der Waals surface area contributed by atoms with Gasteiger partial charge in [-0.2, -0.15) is 5.10 Å². The van der Waals surface area contributed by atoms with Gasteiger partial charge in [0, 0.05) is 11.9 Å². The minimum Gasteiger partial charge on any atom is -0.351 e. The maximum atomic E-state index is 5.16. The zero-order chi connectivity index (χ0) is 13.7. The number of hydrogen-bond acceptors (Lipinski definition) is 3. The van der Waals surface area contributed by atoms with E-state index in [4.69, 9.17) is 12.2 Å². The Morgan fingerprint density at radius 2 is 2.26 bits per heavy atom. The molecule has 1 heterocycles. The number of thiocarbonyl (C=S) groups is 1. The standard InChI is InChI=1S/C13H15N5S/c1-9-3-4-12(10(2)5-9)17-13(19)18-16-7-11-6-14-8-15-11/h3-8H,1-2H3,(H,14,15)(H2,17,18,19). The summed E-state index contributed by atoms with van der Waals surface area (Å²) in [5, 5.41) is 7.54. The Kier molecular flexibility index (Phi) is 4.25. The van der Waals surface area contributed by atoms with Crippen molar-refractivity contribution in [1.29, 1.82) is 0 Å². The molecule has 0 fully saturated rings. The Labute approximate surface area is 117 Å². The van der Waals surface area contributed by atoms with Gasteiger partial charge in [-0.15, -0.1) is 0 Å². The van der Waals surface area contributed by atoms with Crippen LogP contribution in [0.5, 0.6) is 0 Å². The topological polar surface area (TPSA) is 65.1 Å². The number of H-pyrrole nitrogens is 1. The van der Waals surface area contributed by atoms with E-state index < -0.39 is 0 Å². The normalized spacial score (nSPS) is 10.6. The number of benzene rings is 1. The molecule has 98 valence electrons. The largest absolute Gasteiger partial charge is 0.351 e. The van der Waals surface area contributed by atoms with Gasteiger partial charge in [-0.25, -0.2) is 4.98 Å². The zero-order valence-corrected chi connectivity index (χ0v) is 11.6. The van der Waals surface area contributed by atoms with Gasteiger partial charge in [0.2, 0.25) is 0 Å². The highest BCUT2D eigenvalue weighted by Crippen LogP contribution is 2.15. The van der Waals surface area contributed by atoms with E-state index in [1.165, 1.54) is 5.56 Å². The quantitative estimate of drug-likeness (QED) is 0.456. The van der Waals surface area contributed by atoms with E-state index in [0.717, 1.165) is 16.9 Å². The molecule has 0 aliphatic rings. The summed E-state index contributed by atoms with van der Waals surface area (Å²) in [6.07, 6.45) is 4.92. The van der Waals surface area contributed by atoms with Gasteiger partial charge < -0.3 is 10.3 Å². The summed E-state index contributed by atoms with van der Waals surface area (Å²) in [7, 11) is 0. The SMILES string of the molecule is Cc1ccc(NC(=S)NN=Cc2c[nH]cn2)c(C)c1. The number of nitrogens with one attached hydrogen (secondary N) is 3. The second-order valence-electron chi connectivity index (χ2n) is 4.14.